The van der Waals surface area contributed by atoms with Crippen molar-refractivity contribution in [3.05, 3.63) is 0 Å². The molecule has 3 nitrogen and oxygen atoms in total. The Balaban J connectivity index is 2.42. The number of carbonyl (C=O) groups is 1. The maximum absolute atomic E-state index is 11.9. The number of ketones is 1. The van der Waals surface area contributed by atoms with Crippen molar-refractivity contribution >= 4 is 5.78 Å². The molecule has 1 saturated heterocycles. The highest BCUT2D eigenvalue weighted by molar-refractivity contribution is 5.82. The minimum Gasteiger partial charge on any atom is -0.299 e. The second-order valence-electron chi connectivity index (χ2n) is 4.92. The van der Waals surface area contributed by atoms with Crippen LogP contribution in [-0.4, -0.2) is 42.0 Å². The summed E-state index contributed by atoms with van der Waals surface area (Å²) in [6, 6.07) is 0. The van der Waals surface area contributed by atoms with Gasteiger partial charge >= 0.3 is 0 Å². The van der Waals surface area contributed by atoms with Gasteiger partial charge in [0.25, 0.3) is 0 Å². The van der Waals surface area contributed by atoms with Crippen LogP contribution in [0.4, 0.5) is 0 Å². The van der Waals surface area contributed by atoms with Crippen molar-refractivity contribution in [1.29, 1.82) is 0 Å². The normalized spacial score (nSPS) is 19.6. The minimum absolute atomic E-state index is 0.199. The van der Waals surface area contributed by atoms with E-state index in [9.17, 15) is 4.79 Å². The molecular formula is C13H26N2O. The highest BCUT2D eigenvalue weighted by atomic mass is 16.1. The highest BCUT2D eigenvalue weighted by Crippen LogP contribution is 2.22. The van der Waals surface area contributed by atoms with E-state index in [1.807, 2.05) is 13.8 Å². The number of nitrogens with zero attached hydrogens (tertiary/aromatic N) is 2. The molecule has 1 aliphatic rings. The first-order valence-corrected chi connectivity index (χ1v) is 6.63. The summed E-state index contributed by atoms with van der Waals surface area (Å²) in [6.07, 6.45) is 2.07. The number of Topliss-reactive ketones (excluding diaryl/α,β-unsaturated/α-hetero) is 1. The Kier molecular flexibility index (Phi) is 5.42. The Morgan fingerprint density at radius 1 is 1.25 bits per heavy atom. The van der Waals surface area contributed by atoms with E-state index in [0.717, 1.165) is 39.0 Å². The van der Waals surface area contributed by atoms with Gasteiger partial charge in [0, 0.05) is 38.0 Å². The summed E-state index contributed by atoms with van der Waals surface area (Å²) in [5, 5.41) is 4.78. The van der Waals surface area contributed by atoms with Crippen LogP contribution in [0.15, 0.2) is 0 Å². The number of piperidine rings is 1. The van der Waals surface area contributed by atoms with Crippen molar-refractivity contribution in [2.45, 2.75) is 40.5 Å². The topological polar surface area (TPSA) is 23.6 Å². The molecule has 0 aromatic heterocycles. The van der Waals surface area contributed by atoms with Gasteiger partial charge in [0.1, 0.15) is 5.78 Å². The molecule has 3 heteroatoms. The summed E-state index contributed by atoms with van der Waals surface area (Å²) in [4.78, 5) is 11.9. The Bertz CT molecular complexity index is 216. The van der Waals surface area contributed by atoms with Crippen LogP contribution in [0.2, 0.25) is 0 Å². The maximum atomic E-state index is 11.9. The van der Waals surface area contributed by atoms with Crippen LogP contribution >= 0.6 is 0 Å². The van der Waals surface area contributed by atoms with Crippen LogP contribution in [0.5, 0.6) is 0 Å². The van der Waals surface area contributed by atoms with E-state index < -0.39 is 0 Å². The smallest absolute Gasteiger partial charge is 0.138 e. The molecule has 0 aromatic carbocycles. The van der Waals surface area contributed by atoms with E-state index in [0.29, 0.717) is 11.7 Å². The van der Waals surface area contributed by atoms with Gasteiger partial charge in [-0.3, -0.25) is 4.79 Å². The molecule has 1 heterocycles. The van der Waals surface area contributed by atoms with Crippen molar-refractivity contribution < 1.29 is 4.79 Å². The lowest BCUT2D eigenvalue weighted by molar-refractivity contribution is -0.129. The van der Waals surface area contributed by atoms with Gasteiger partial charge in [-0.1, -0.05) is 27.7 Å². The van der Waals surface area contributed by atoms with Crippen LogP contribution in [0.3, 0.4) is 0 Å². The minimum atomic E-state index is 0.199. The van der Waals surface area contributed by atoms with E-state index >= 15 is 0 Å². The van der Waals surface area contributed by atoms with Gasteiger partial charge in [0.05, 0.1) is 0 Å². The van der Waals surface area contributed by atoms with Crippen LogP contribution in [0, 0.1) is 11.8 Å². The van der Waals surface area contributed by atoms with E-state index in [1.165, 1.54) is 0 Å². The molecule has 1 rings (SSSR count). The second kappa shape index (κ2) is 6.36. The molecule has 16 heavy (non-hydrogen) atoms. The van der Waals surface area contributed by atoms with E-state index in [2.05, 4.69) is 23.9 Å². The lowest BCUT2D eigenvalue weighted by Gasteiger charge is -2.38. The lowest BCUT2D eigenvalue weighted by atomic mass is 9.88. The maximum Gasteiger partial charge on any atom is 0.138 e. The molecule has 0 amide bonds. The van der Waals surface area contributed by atoms with Crippen LogP contribution in [0.1, 0.15) is 40.5 Å². The zero-order valence-electron chi connectivity index (χ0n) is 11.2. The number of hydrazine groups is 1. The first kappa shape index (κ1) is 13.7. The van der Waals surface area contributed by atoms with Gasteiger partial charge in [0.15, 0.2) is 0 Å². The van der Waals surface area contributed by atoms with Crippen LogP contribution < -0.4 is 0 Å². The summed E-state index contributed by atoms with van der Waals surface area (Å²) in [7, 11) is 0. The zero-order valence-corrected chi connectivity index (χ0v) is 11.2. The molecule has 0 saturated carbocycles. The molecule has 0 atom stereocenters. The molecule has 0 aliphatic carbocycles. The molecule has 0 bridgehead atoms. The van der Waals surface area contributed by atoms with Crippen molar-refractivity contribution in [1.82, 2.24) is 10.0 Å². The fraction of sp³-hybridized carbons (Fsp3) is 0.923. The number of rotatable bonds is 5. The summed E-state index contributed by atoms with van der Waals surface area (Å²) < 4.78 is 0. The van der Waals surface area contributed by atoms with Gasteiger partial charge < -0.3 is 0 Å². The molecule has 0 N–H and O–H groups in total. The Labute approximate surface area is 99.8 Å². The van der Waals surface area contributed by atoms with Crippen molar-refractivity contribution in [3.63, 3.8) is 0 Å². The fourth-order valence-corrected chi connectivity index (χ4v) is 2.53. The SMILES string of the molecule is CCN(CC)N1CCC(C(=O)C(C)C)CC1. The largest absolute Gasteiger partial charge is 0.299 e. The number of carbonyl (C=O) groups excluding carboxylic acids is 1. The molecule has 0 spiro atoms. The van der Waals surface area contributed by atoms with Gasteiger partial charge in [-0.15, -0.1) is 0 Å². The third kappa shape index (κ3) is 3.29. The average molecular weight is 226 g/mol. The Morgan fingerprint density at radius 3 is 2.12 bits per heavy atom. The summed E-state index contributed by atoms with van der Waals surface area (Å²) >= 11 is 0. The van der Waals surface area contributed by atoms with Crippen molar-refractivity contribution in [3.8, 4) is 0 Å². The van der Waals surface area contributed by atoms with Crippen molar-refractivity contribution in [2.24, 2.45) is 11.8 Å². The summed E-state index contributed by atoms with van der Waals surface area (Å²) in [6.45, 7) is 12.6. The summed E-state index contributed by atoms with van der Waals surface area (Å²) in [5.74, 6) is 0.969. The highest BCUT2D eigenvalue weighted by Gasteiger charge is 2.27. The predicted molar refractivity (Wildman–Crippen MR) is 67.1 cm³/mol. The molecule has 0 aromatic rings. The monoisotopic (exact) mass is 226 g/mol. The average Bonchev–Trinajstić information content (AvgIpc) is 2.30. The number of hydrogen-bond donors (Lipinski definition) is 0. The molecule has 1 aliphatic heterocycles. The predicted octanol–water partition coefficient (Wildman–Crippen LogP) is 2.18. The lowest BCUT2D eigenvalue weighted by Crippen LogP contribution is -2.48. The van der Waals surface area contributed by atoms with Crippen molar-refractivity contribution in [2.75, 3.05) is 26.2 Å². The van der Waals surface area contributed by atoms with Gasteiger partial charge in [-0.2, -0.15) is 0 Å². The van der Waals surface area contributed by atoms with Crippen LogP contribution in [0.25, 0.3) is 0 Å². The van der Waals surface area contributed by atoms with Gasteiger partial charge in [0.2, 0.25) is 0 Å². The van der Waals surface area contributed by atoms with Gasteiger partial charge in [-0.25, -0.2) is 10.0 Å². The summed E-state index contributed by atoms with van der Waals surface area (Å²) in [5.41, 5.74) is 0. The third-order valence-corrected chi connectivity index (χ3v) is 3.57. The molecule has 0 unspecified atom stereocenters. The molecule has 0 radical (unpaired) electrons. The Morgan fingerprint density at radius 2 is 1.75 bits per heavy atom. The van der Waals surface area contributed by atoms with Crippen LogP contribution in [-0.2, 0) is 4.79 Å². The van der Waals surface area contributed by atoms with E-state index in [-0.39, 0.29) is 5.92 Å². The van der Waals surface area contributed by atoms with E-state index in [4.69, 9.17) is 0 Å². The number of hydrogen-bond acceptors (Lipinski definition) is 3. The standard InChI is InChI=1S/C13H26N2O/c1-5-14(6-2)15-9-7-12(8-10-15)13(16)11(3)4/h11-12H,5-10H2,1-4H3. The van der Waals surface area contributed by atoms with E-state index in [1.54, 1.807) is 0 Å². The Hall–Kier alpha value is -0.410. The zero-order chi connectivity index (χ0) is 12.1. The first-order valence-electron chi connectivity index (χ1n) is 6.63. The fourth-order valence-electron chi connectivity index (χ4n) is 2.53. The third-order valence-electron chi connectivity index (χ3n) is 3.57. The molecule has 1 fully saturated rings. The quantitative estimate of drug-likeness (QED) is 0.718. The van der Waals surface area contributed by atoms with Gasteiger partial charge in [-0.05, 0) is 12.8 Å². The second-order valence-corrected chi connectivity index (χ2v) is 4.92. The first-order chi connectivity index (χ1) is 7.60. The molecular weight excluding hydrogens is 200 g/mol. The molecule has 94 valence electrons.